The lowest BCUT2D eigenvalue weighted by Gasteiger charge is -2.35. The third-order valence-electron chi connectivity index (χ3n) is 3.45. The molecule has 2 nitrogen and oxygen atoms in total. The summed E-state index contributed by atoms with van der Waals surface area (Å²) in [5.74, 6) is 0. The van der Waals surface area contributed by atoms with Crippen molar-refractivity contribution < 1.29 is 0 Å². The second kappa shape index (κ2) is 6.60. The number of thiophene rings is 1. The Morgan fingerprint density at radius 3 is 2.69 bits per heavy atom. The zero-order valence-corrected chi connectivity index (χ0v) is 11.6. The van der Waals surface area contributed by atoms with Crippen molar-refractivity contribution in [1.29, 1.82) is 0 Å². The molecule has 0 spiro atoms. The molecule has 0 saturated carbocycles. The van der Waals surface area contributed by atoms with Gasteiger partial charge in [-0.15, -0.1) is 23.7 Å². The van der Waals surface area contributed by atoms with E-state index in [0.29, 0.717) is 6.04 Å². The van der Waals surface area contributed by atoms with Crippen LogP contribution in [-0.4, -0.2) is 31.1 Å². The van der Waals surface area contributed by atoms with Crippen LogP contribution < -0.4 is 5.32 Å². The van der Waals surface area contributed by atoms with Gasteiger partial charge in [-0.05, 0) is 51.3 Å². The molecular weight excluding hydrogens is 240 g/mol. The number of nitrogens with one attached hydrogen (secondary N) is 1. The van der Waals surface area contributed by atoms with Gasteiger partial charge < -0.3 is 5.32 Å². The first-order valence-electron chi connectivity index (χ1n) is 5.75. The smallest absolute Gasteiger partial charge is 0.0413 e. The third kappa shape index (κ3) is 3.20. The van der Waals surface area contributed by atoms with E-state index >= 15 is 0 Å². The minimum Gasteiger partial charge on any atom is -0.317 e. The molecule has 1 unspecified atom stereocenters. The Morgan fingerprint density at radius 1 is 1.44 bits per heavy atom. The number of rotatable bonds is 3. The fraction of sp³-hybridized carbons (Fsp3) is 0.667. The van der Waals surface area contributed by atoms with Crippen molar-refractivity contribution in [2.75, 3.05) is 20.1 Å². The fourth-order valence-electron chi connectivity index (χ4n) is 2.26. The van der Waals surface area contributed by atoms with Gasteiger partial charge in [0.15, 0.2) is 0 Å². The van der Waals surface area contributed by atoms with Crippen LogP contribution in [0.25, 0.3) is 0 Å². The van der Waals surface area contributed by atoms with E-state index < -0.39 is 0 Å². The Kier molecular flexibility index (Phi) is 5.76. The van der Waals surface area contributed by atoms with Crippen LogP contribution in [0.5, 0.6) is 0 Å². The lowest BCUT2D eigenvalue weighted by molar-refractivity contribution is 0.154. The van der Waals surface area contributed by atoms with Crippen LogP contribution in [0.2, 0.25) is 0 Å². The van der Waals surface area contributed by atoms with Gasteiger partial charge in [-0.25, -0.2) is 0 Å². The van der Waals surface area contributed by atoms with Crippen molar-refractivity contribution in [3.8, 4) is 0 Å². The molecule has 0 aromatic carbocycles. The number of piperidine rings is 1. The van der Waals surface area contributed by atoms with Gasteiger partial charge in [0.05, 0.1) is 0 Å². The van der Waals surface area contributed by atoms with Crippen molar-refractivity contribution in [2.24, 2.45) is 0 Å². The molecule has 16 heavy (non-hydrogen) atoms. The Labute approximate surface area is 108 Å². The summed E-state index contributed by atoms with van der Waals surface area (Å²) in [7, 11) is 2.26. The number of halogens is 1. The second-order valence-electron chi connectivity index (χ2n) is 4.34. The van der Waals surface area contributed by atoms with Gasteiger partial charge in [0.25, 0.3) is 0 Å². The molecule has 2 heterocycles. The SMILES string of the molecule is CC(c1cccs1)N(C)C1CCNCC1.Cl. The largest absolute Gasteiger partial charge is 0.317 e. The highest BCUT2D eigenvalue weighted by atomic mass is 35.5. The van der Waals surface area contributed by atoms with Gasteiger partial charge in [0.2, 0.25) is 0 Å². The highest BCUT2D eigenvalue weighted by molar-refractivity contribution is 7.10. The lowest BCUT2D eigenvalue weighted by Crippen LogP contribution is -2.41. The van der Waals surface area contributed by atoms with Gasteiger partial charge >= 0.3 is 0 Å². The average Bonchev–Trinajstić information content (AvgIpc) is 2.82. The minimum absolute atomic E-state index is 0. The van der Waals surface area contributed by atoms with E-state index in [2.05, 4.69) is 41.7 Å². The average molecular weight is 261 g/mol. The van der Waals surface area contributed by atoms with Crippen molar-refractivity contribution in [1.82, 2.24) is 10.2 Å². The molecule has 0 amide bonds. The number of hydrogen-bond acceptors (Lipinski definition) is 3. The number of hydrogen-bond donors (Lipinski definition) is 1. The van der Waals surface area contributed by atoms with Crippen LogP contribution in [0.3, 0.4) is 0 Å². The minimum atomic E-state index is 0. The van der Waals surface area contributed by atoms with Gasteiger partial charge in [0, 0.05) is 17.0 Å². The Balaban J connectivity index is 0.00000128. The summed E-state index contributed by atoms with van der Waals surface area (Å²) in [6.45, 7) is 4.66. The second-order valence-corrected chi connectivity index (χ2v) is 5.32. The lowest BCUT2D eigenvalue weighted by atomic mass is 10.0. The molecule has 1 fully saturated rings. The van der Waals surface area contributed by atoms with Crippen LogP contribution >= 0.6 is 23.7 Å². The van der Waals surface area contributed by atoms with Crippen molar-refractivity contribution >= 4 is 23.7 Å². The summed E-state index contributed by atoms with van der Waals surface area (Å²) in [6.07, 6.45) is 2.57. The Bertz CT molecular complexity index is 283. The normalized spacial score (nSPS) is 19.4. The highest BCUT2D eigenvalue weighted by Gasteiger charge is 2.22. The van der Waals surface area contributed by atoms with Crippen LogP contribution in [-0.2, 0) is 0 Å². The molecule has 1 atom stereocenters. The van der Waals surface area contributed by atoms with Crippen LogP contribution in [0, 0.1) is 0 Å². The molecule has 1 N–H and O–H groups in total. The maximum absolute atomic E-state index is 3.42. The van der Waals surface area contributed by atoms with E-state index in [1.54, 1.807) is 0 Å². The predicted molar refractivity (Wildman–Crippen MR) is 73.6 cm³/mol. The summed E-state index contributed by atoms with van der Waals surface area (Å²) < 4.78 is 0. The first kappa shape index (κ1) is 14.0. The summed E-state index contributed by atoms with van der Waals surface area (Å²) in [5, 5.41) is 5.59. The summed E-state index contributed by atoms with van der Waals surface area (Å²) in [4.78, 5) is 4.02. The first-order valence-corrected chi connectivity index (χ1v) is 6.63. The Hall–Kier alpha value is -0.0900. The van der Waals surface area contributed by atoms with Gasteiger partial charge in [-0.3, -0.25) is 4.90 Å². The summed E-state index contributed by atoms with van der Waals surface area (Å²) in [6, 6.07) is 5.70. The molecule has 1 aliphatic heterocycles. The highest BCUT2D eigenvalue weighted by Crippen LogP contribution is 2.27. The third-order valence-corrected chi connectivity index (χ3v) is 4.49. The number of nitrogens with zero attached hydrogens (tertiary/aromatic N) is 1. The first-order chi connectivity index (χ1) is 7.29. The van der Waals surface area contributed by atoms with Gasteiger partial charge in [0.1, 0.15) is 0 Å². The Morgan fingerprint density at radius 2 is 2.12 bits per heavy atom. The summed E-state index contributed by atoms with van der Waals surface area (Å²) >= 11 is 1.87. The maximum atomic E-state index is 3.42. The van der Waals surface area contributed by atoms with E-state index in [1.165, 1.54) is 30.8 Å². The standard InChI is InChI=1S/C12H20N2S.ClH/c1-10(12-4-3-9-15-12)14(2)11-5-7-13-8-6-11;/h3-4,9-11,13H,5-8H2,1-2H3;1H. The predicted octanol–water partition coefficient (Wildman–Crippen LogP) is 2.91. The molecule has 1 aliphatic rings. The zero-order chi connectivity index (χ0) is 10.7. The van der Waals surface area contributed by atoms with Crippen molar-refractivity contribution in [2.45, 2.75) is 31.8 Å². The molecule has 1 aromatic rings. The molecule has 92 valence electrons. The van der Waals surface area contributed by atoms with E-state index in [4.69, 9.17) is 0 Å². The van der Waals surface area contributed by atoms with Gasteiger partial charge in [-0.1, -0.05) is 6.07 Å². The maximum Gasteiger partial charge on any atom is 0.0413 e. The molecule has 1 aromatic heterocycles. The molecule has 0 radical (unpaired) electrons. The van der Waals surface area contributed by atoms with E-state index in [1.807, 2.05) is 11.3 Å². The fourth-order valence-corrected chi connectivity index (χ4v) is 3.09. The molecule has 0 aliphatic carbocycles. The molecular formula is C12H21ClN2S. The van der Waals surface area contributed by atoms with Crippen molar-refractivity contribution in [3.05, 3.63) is 22.4 Å². The van der Waals surface area contributed by atoms with Crippen LogP contribution in [0.15, 0.2) is 17.5 Å². The van der Waals surface area contributed by atoms with Crippen molar-refractivity contribution in [3.63, 3.8) is 0 Å². The van der Waals surface area contributed by atoms with Crippen LogP contribution in [0.1, 0.15) is 30.7 Å². The monoisotopic (exact) mass is 260 g/mol. The molecule has 0 bridgehead atoms. The molecule has 1 saturated heterocycles. The van der Waals surface area contributed by atoms with Crippen LogP contribution in [0.4, 0.5) is 0 Å². The molecule has 4 heteroatoms. The zero-order valence-electron chi connectivity index (χ0n) is 9.98. The van der Waals surface area contributed by atoms with E-state index in [0.717, 1.165) is 6.04 Å². The molecule has 2 rings (SSSR count). The summed E-state index contributed by atoms with van der Waals surface area (Å²) in [5.41, 5.74) is 0. The quantitative estimate of drug-likeness (QED) is 0.899. The van der Waals surface area contributed by atoms with E-state index in [-0.39, 0.29) is 12.4 Å². The van der Waals surface area contributed by atoms with E-state index in [9.17, 15) is 0 Å². The topological polar surface area (TPSA) is 15.3 Å². The van der Waals surface area contributed by atoms with Gasteiger partial charge in [-0.2, -0.15) is 0 Å².